The largest absolute Gasteiger partial charge is 0.494 e. The number of methoxy groups -OCH3 is 2. The minimum absolute atomic E-state index is 0.0618. The van der Waals surface area contributed by atoms with Crippen molar-refractivity contribution in [1.82, 2.24) is 9.97 Å². The summed E-state index contributed by atoms with van der Waals surface area (Å²) in [5, 5.41) is 11.1. The van der Waals surface area contributed by atoms with Crippen molar-refractivity contribution in [1.29, 1.82) is 0 Å². The van der Waals surface area contributed by atoms with Crippen LogP contribution in [0.1, 0.15) is 24.7 Å². The van der Waals surface area contributed by atoms with Gasteiger partial charge in [0, 0.05) is 23.8 Å². The SMILES string of the molecule is CCC(C(=O)O)C1CN=C(c2cc3cc(Oc4ccc(COC)nc4)cc(OC)c3[nH]2)S1. The molecule has 1 aromatic carbocycles. The molecule has 168 valence electrons. The van der Waals surface area contributed by atoms with Gasteiger partial charge in [-0.1, -0.05) is 18.7 Å². The maximum atomic E-state index is 11.5. The number of rotatable bonds is 9. The van der Waals surface area contributed by atoms with Crippen LogP contribution in [0.5, 0.6) is 17.2 Å². The fourth-order valence-corrected chi connectivity index (χ4v) is 5.00. The first-order valence-corrected chi connectivity index (χ1v) is 11.2. The maximum absolute atomic E-state index is 11.5. The van der Waals surface area contributed by atoms with Crippen LogP contribution in [-0.4, -0.2) is 52.1 Å². The molecule has 0 radical (unpaired) electrons. The number of fused-ring (bicyclic) bond motifs is 1. The highest BCUT2D eigenvalue weighted by Gasteiger charge is 2.32. The number of carbonyl (C=O) groups is 1. The second-order valence-electron chi connectivity index (χ2n) is 7.45. The van der Waals surface area contributed by atoms with Crippen LogP contribution < -0.4 is 9.47 Å². The number of thioether (sulfide) groups is 1. The molecule has 2 aromatic heterocycles. The number of carboxylic acids is 1. The summed E-state index contributed by atoms with van der Waals surface area (Å²) in [5.74, 6) is 0.692. The molecule has 0 fully saturated rings. The summed E-state index contributed by atoms with van der Waals surface area (Å²) in [6, 6.07) is 9.42. The Morgan fingerprint density at radius 3 is 2.78 bits per heavy atom. The van der Waals surface area contributed by atoms with Crippen LogP contribution in [0.4, 0.5) is 0 Å². The number of hydrogen-bond donors (Lipinski definition) is 2. The molecular formula is C23H25N3O5S. The molecule has 9 heteroatoms. The molecule has 2 unspecified atom stereocenters. The fraction of sp³-hybridized carbons (Fsp3) is 0.348. The Morgan fingerprint density at radius 2 is 2.12 bits per heavy atom. The lowest BCUT2D eigenvalue weighted by Crippen LogP contribution is -2.26. The van der Waals surface area contributed by atoms with Gasteiger partial charge in [0.25, 0.3) is 0 Å². The fourth-order valence-electron chi connectivity index (χ4n) is 3.71. The molecule has 2 N–H and O–H groups in total. The minimum Gasteiger partial charge on any atom is -0.494 e. The molecule has 0 saturated heterocycles. The predicted octanol–water partition coefficient (Wildman–Crippen LogP) is 4.48. The number of pyridine rings is 1. The quantitative estimate of drug-likeness (QED) is 0.490. The van der Waals surface area contributed by atoms with Gasteiger partial charge in [-0.15, -0.1) is 0 Å². The first kappa shape index (κ1) is 22.2. The number of H-pyrrole nitrogens is 1. The van der Waals surface area contributed by atoms with Crippen LogP contribution in [-0.2, 0) is 16.1 Å². The molecule has 4 rings (SSSR count). The average Bonchev–Trinajstić information content (AvgIpc) is 3.42. The number of nitrogens with one attached hydrogen (secondary N) is 1. The van der Waals surface area contributed by atoms with Gasteiger partial charge < -0.3 is 24.3 Å². The zero-order chi connectivity index (χ0) is 22.7. The van der Waals surface area contributed by atoms with E-state index in [0.29, 0.717) is 36.8 Å². The first-order valence-electron chi connectivity index (χ1n) is 10.3. The highest BCUT2D eigenvalue weighted by atomic mass is 32.2. The standard InChI is InChI=1S/C23H25N3O5S/c1-4-17(23(27)28)20-11-25-22(32-20)18-8-13-7-16(9-19(30-3)21(13)26-18)31-15-6-5-14(12-29-2)24-10-15/h5-10,17,20,26H,4,11-12H2,1-3H3,(H,27,28). The third-order valence-corrected chi connectivity index (χ3v) is 6.68. The summed E-state index contributed by atoms with van der Waals surface area (Å²) in [4.78, 5) is 23.8. The highest BCUT2D eigenvalue weighted by molar-refractivity contribution is 8.15. The molecule has 3 heterocycles. The third-order valence-electron chi connectivity index (χ3n) is 5.33. The molecule has 0 bridgehead atoms. The Bertz CT molecular complexity index is 1140. The van der Waals surface area contributed by atoms with E-state index < -0.39 is 11.9 Å². The van der Waals surface area contributed by atoms with Crippen molar-refractivity contribution in [3.63, 3.8) is 0 Å². The van der Waals surface area contributed by atoms with Crippen LogP contribution in [0, 0.1) is 5.92 Å². The second-order valence-corrected chi connectivity index (χ2v) is 8.68. The van der Waals surface area contributed by atoms with Gasteiger partial charge in [0.1, 0.15) is 22.3 Å². The van der Waals surface area contributed by atoms with Gasteiger partial charge in [0.2, 0.25) is 0 Å². The van der Waals surface area contributed by atoms with Crippen molar-refractivity contribution in [2.75, 3.05) is 20.8 Å². The van der Waals surface area contributed by atoms with E-state index in [1.54, 1.807) is 20.4 Å². The molecule has 32 heavy (non-hydrogen) atoms. The molecule has 8 nitrogen and oxygen atoms in total. The molecule has 1 aliphatic heterocycles. The van der Waals surface area contributed by atoms with Crippen molar-refractivity contribution in [3.8, 4) is 17.2 Å². The summed E-state index contributed by atoms with van der Waals surface area (Å²) < 4.78 is 16.6. The van der Waals surface area contributed by atoms with Gasteiger partial charge in [0.05, 0.1) is 49.3 Å². The second kappa shape index (κ2) is 9.62. The van der Waals surface area contributed by atoms with Crippen molar-refractivity contribution in [3.05, 3.63) is 47.9 Å². The molecule has 0 saturated carbocycles. The normalized spacial score (nSPS) is 16.7. The zero-order valence-corrected chi connectivity index (χ0v) is 18.9. The minimum atomic E-state index is -0.772. The number of benzene rings is 1. The summed E-state index contributed by atoms with van der Waals surface area (Å²) in [7, 11) is 3.24. The number of hydrogen-bond acceptors (Lipinski definition) is 7. The summed E-state index contributed by atoms with van der Waals surface area (Å²) in [5.41, 5.74) is 2.50. The number of aromatic amines is 1. The van der Waals surface area contributed by atoms with E-state index in [1.165, 1.54) is 11.8 Å². The Morgan fingerprint density at radius 1 is 1.28 bits per heavy atom. The molecule has 1 aliphatic rings. The van der Waals surface area contributed by atoms with Gasteiger partial charge in [-0.05, 0) is 30.7 Å². The van der Waals surface area contributed by atoms with E-state index in [1.807, 2.05) is 37.3 Å². The molecule has 0 spiro atoms. The van der Waals surface area contributed by atoms with Crippen LogP contribution >= 0.6 is 11.8 Å². The van der Waals surface area contributed by atoms with Crippen LogP contribution in [0.25, 0.3) is 10.9 Å². The monoisotopic (exact) mass is 455 g/mol. The van der Waals surface area contributed by atoms with Crippen molar-refractivity contribution >= 4 is 33.7 Å². The van der Waals surface area contributed by atoms with Crippen LogP contribution in [0.3, 0.4) is 0 Å². The third kappa shape index (κ3) is 4.58. The number of aromatic nitrogens is 2. The van der Waals surface area contributed by atoms with Crippen LogP contribution in [0.15, 0.2) is 41.5 Å². The van der Waals surface area contributed by atoms with E-state index >= 15 is 0 Å². The van der Waals surface area contributed by atoms with Crippen molar-refractivity contribution in [2.24, 2.45) is 10.9 Å². The number of ether oxygens (including phenoxy) is 3. The lowest BCUT2D eigenvalue weighted by Gasteiger charge is -2.15. The lowest BCUT2D eigenvalue weighted by atomic mass is 10.0. The average molecular weight is 456 g/mol. The van der Waals surface area contributed by atoms with Gasteiger partial charge in [-0.25, -0.2) is 0 Å². The zero-order valence-electron chi connectivity index (χ0n) is 18.1. The van der Waals surface area contributed by atoms with E-state index in [4.69, 9.17) is 14.2 Å². The number of nitrogens with zero attached hydrogens (tertiary/aromatic N) is 2. The van der Waals surface area contributed by atoms with E-state index in [2.05, 4.69) is 15.0 Å². The van der Waals surface area contributed by atoms with E-state index in [-0.39, 0.29) is 5.25 Å². The Balaban J connectivity index is 1.57. The summed E-state index contributed by atoms with van der Waals surface area (Å²) >= 11 is 1.51. The Kier molecular flexibility index (Phi) is 6.66. The smallest absolute Gasteiger partial charge is 0.307 e. The van der Waals surface area contributed by atoms with Gasteiger partial charge in [0.15, 0.2) is 0 Å². The number of aliphatic imine (C=N–C) groups is 1. The first-order chi connectivity index (χ1) is 15.5. The highest BCUT2D eigenvalue weighted by Crippen LogP contribution is 2.37. The molecule has 3 aromatic rings. The molecule has 0 aliphatic carbocycles. The van der Waals surface area contributed by atoms with Gasteiger partial charge in [-0.3, -0.25) is 14.8 Å². The molecule has 2 atom stereocenters. The van der Waals surface area contributed by atoms with Crippen molar-refractivity contribution in [2.45, 2.75) is 25.2 Å². The summed E-state index contributed by atoms with van der Waals surface area (Å²) in [6.07, 6.45) is 2.24. The predicted molar refractivity (Wildman–Crippen MR) is 124 cm³/mol. The number of aliphatic carboxylic acids is 1. The maximum Gasteiger partial charge on any atom is 0.307 e. The summed E-state index contributed by atoms with van der Waals surface area (Å²) in [6.45, 7) is 2.84. The Hall–Kier alpha value is -3.04. The van der Waals surface area contributed by atoms with Crippen LogP contribution in [0.2, 0.25) is 0 Å². The lowest BCUT2D eigenvalue weighted by molar-refractivity contribution is -0.141. The molecule has 0 amide bonds. The number of carboxylic acid groups (broad SMARTS) is 1. The van der Waals surface area contributed by atoms with Gasteiger partial charge >= 0.3 is 5.97 Å². The molecular weight excluding hydrogens is 430 g/mol. The van der Waals surface area contributed by atoms with E-state index in [9.17, 15) is 9.90 Å². The van der Waals surface area contributed by atoms with Gasteiger partial charge in [-0.2, -0.15) is 0 Å². The topological polar surface area (TPSA) is 106 Å². The van der Waals surface area contributed by atoms with Crippen molar-refractivity contribution < 1.29 is 24.1 Å². The Labute approximate surface area is 190 Å². The van der Waals surface area contributed by atoms with E-state index in [0.717, 1.165) is 27.3 Å².